The highest BCUT2D eigenvalue weighted by molar-refractivity contribution is 5.98. The molecule has 1 aliphatic heterocycles. The predicted molar refractivity (Wildman–Crippen MR) is 93.6 cm³/mol. The molecule has 1 fully saturated rings. The lowest BCUT2D eigenvalue weighted by Crippen LogP contribution is -2.30. The molecule has 3 rings (SSSR count). The molecule has 7 nitrogen and oxygen atoms in total. The van der Waals surface area contributed by atoms with Gasteiger partial charge in [0.15, 0.2) is 5.43 Å². The molecule has 0 spiro atoms. The van der Waals surface area contributed by atoms with Crippen molar-refractivity contribution in [3.05, 3.63) is 45.8 Å². The Kier molecular flexibility index (Phi) is 5.81. The number of hydrogen-bond acceptors (Lipinski definition) is 6. The Morgan fingerprint density at radius 3 is 2.80 bits per heavy atom. The first-order valence-corrected chi connectivity index (χ1v) is 7.67. The summed E-state index contributed by atoms with van der Waals surface area (Å²) in [6, 6.07) is 6.06. The number of nitrogens with zero attached hydrogens (tertiary/aromatic N) is 1. The lowest BCUT2D eigenvalue weighted by molar-refractivity contribution is -0.144. The molecule has 134 valence electrons. The van der Waals surface area contributed by atoms with Crippen LogP contribution in [0, 0.1) is 5.92 Å². The second kappa shape index (κ2) is 7.67. The van der Waals surface area contributed by atoms with E-state index in [2.05, 4.69) is 0 Å². The summed E-state index contributed by atoms with van der Waals surface area (Å²) in [4.78, 5) is 37.9. The quantitative estimate of drug-likeness (QED) is 0.821. The molecular formula is C17H19ClN2O5. The van der Waals surface area contributed by atoms with E-state index in [-0.39, 0.29) is 42.2 Å². The Morgan fingerprint density at radius 1 is 1.36 bits per heavy atom. The minimum absolute atomic E-state index is 0. The number of carbonyl (C=O) groups is 2. The summed E-state index contributed by atoms with van der Waals surface area (Å²) < 4.78 is 10.2. The highest BCUT2D eigenvalue weighted by Gasteiger charge is 2.32. The number of hydrogen-bond donors (Lipinski definition) is 1. The van der Waals surface area contributed by atoms with Crippen molar-refractivity contribution < 1.29 is 18.7 Å². The number of benzene rings is 1. The third-order valence-corrected chi connectivity index (χ3v) is 4.24. The van der Waals surface area contributed by atoms with Gasteiger partial charge in [-0.1, -0.05) is 0 Å². The Morgan fingerprint density at radius 2 is 2.12 bits per heavy atom. The maximum Gasteiger partial charge on any atom is 0.310 e. The number of fused-ring (bicyclic) bond motifs is 1. The molecule has 1 atom stereocenters. The molecule has 1 amide bonds. The fourth-order valence-corrected chi connectivity index (χ4v) is 2.93. The molecular weight excluding hydrogens is 348 g/mol. The second-order valence-corrected chi connectivity index (χ2v) is 5.75. The number of rotatable bonds is 3. The number of ether oxygens (including phenoxy) is 1. The molecule has 1 aliphatic rings. The number of esters is 1. The number of likely N-dealkylation sites (tertiary alicyclic amines) is 1. The van der Waals surface area contributed by atoms with Gasteiger partial charge in [-0.2, -0.15) is 0 Å². The third-order valence-electron chi connectivity index (χ3n) is 4.24. The number of methoxy groups -OCH3 is 1. The summed E-state index contributed by atoms with van der Waals surface area (Å²) in [6.45, 7) is 0.941. The fourth-order valence-electron chi connectivity index (χ4n) is 2.93. The van der Waals surface area contributed by atoms with Crippen molar-refractivity contribution in [2.24, 2.45) is 11.7 Å². The van der Waals surface area contributed by atoms with Crippen molar-refractivity contribution in [3.8, 4) is 0 Å². The molecule has 0 unspecified atom stereocenters. The standard InChI is InChI=1S/C17H18N2O5.ClH/c1-23-17(22)11-4-5-19(9-11)16(21)10-2-3-15-13(6-10)14(20)7-12(8-18)24-15;/h2-3,6-7,11H,4-5,8-9,18H2,1H3;1H/t11-;/m0./s1. The SMILES string of the molecule is COC(=O)[C@H]1CCN(C(=O)c2ccc3oc(CN)cc(=O)c3c2)C1.Cl. The Balaban J connectivity index is 0.00000225. The van der Waals surface area contributed by atoms with Crippen LogP contribution in [-0.4, -0.2) is 37.0 Å². The van der Waals surface area contributed by atoms with Crippen LogP contribution in [-0.2, 0) is 16.1 Å². The van der Waals surface area contributed by atoms with Crippen molar-refractivity contribution in [1.82, 2.24) is 4.90 Å². The first kappa shape index (κ1) is 19.0. The van der Waals surface area contributed by atoms with Gasteiger partial charge in [-0.25, -0.2) is 0 Å². The van der Waals surface area contributed by atoms with Gasteiger partial charge in [0.05, 0.1) is 25.0 Å². The summed E-state index contributed by atoms with van der Waals surface area (Å²) in [5.41, 5.74) is 6.04. The zero-order chi connectivity index (χ0) is 17.3. The van der Waals surface area contributed by atoms with E-state index in [9.17, 15) is 14.4 Å². The summed E-state index contributed by atoms with van der Waals surface area (Å²) in [7, 11) is 1.34. The van der Waals surface area contributed by atoms with Gasteiger partial charge in [0.25, 0.3) is 5.91 Å². The predicted octanol–water partition coefficient (Wildman–Crippen LogP) is 1.31. The largest absolute Gasteiger partial charge is 0.469 e. The molecule has 2 N–H and O–H groups in total. The van der Waals surface area contributed by atoms with Crippen molar-refractivity contribution in [3.63, 3.8) is 0 Å². The van der Waals surface area contributed by atoms with E-state index in [1.165, 1.54) is 19.2 Å². The summed E-state index contributed by atoms with van der Waals surface area (Å²) in [5, 5.41) is 0.335. The van der Waals surface area contributed by atoms with E-state index in [4.69, 9.17) is 14.9 Å². The number of halogens is 1. The molecule has 2 aromatic rings. The molecule has 0 bridgehead atoms. The minimum Gasteiger partial charge on any atom is -0.469 e. The van der Waals surface area contributed by atoms with Crippen LogP contribution in [0.1, 0.15) is 22.5 Å². The monoisotopic (exact) mass is 366 g/mol. The Bertz CT molecular complexity index is 864. The van der Waals surface area contributed by atoms with Gasteiger partial charge in [0.1, 0.15) is 11.3 Å². The fraction of sp³-hybridized carbons (Fsp3) is 0.353. The lowest BCUT2D eigenvalue weighted by Gasteiger charge is -2.16. The number of carbonyl (C=O) groups excluding carboxylic acids is 2. The van der Waals surface area contributed by atoms with Gasteiger partial charge in [0, 0.05) is 24.7 Å². The second-order valence-electron chi connectivity index (χ2n) is 5.75. The summed E-state index contributed by atoms with van der Waals surface area (Å²) in [5.74, 6) is -0.423. The lowest BCUT2D eigenvalue weighted by atomic mass is 10.1. The Labute approximate surface area is 150 Å². The van der Waals surface area contributed by atoms with E-state index < -0.39 is 0 Å². The van der Waals surface area contributed by atoms with Crippen LogP contribution in [0.5, 0.6) is 0 Å². The van der Waals surface area contributed by atoms with E-state index in [1.807, 2.05) is 0 Å². The normalized spacial score (nSPS) is 16.6. The van der Waals surface area contributed by atoms with Crippen molar-refractivity contribution in [2.45, 2.75) is 13.0 Å². The van der Waals surface area contributed by atoms with Crippen LogP contribution in [0.2, 0.25) is 0 Å². The molecule has 0 aliphatic carbocycles. The average molecular weight is 367 g/mol. The van der Waals surface area contributed by atoms with Crippen molar-refractivity contribution in [2.75, 3.05) is 20.2 Å². The maximum absolute atomic E-state index is 12.6. The van der Waals surface area contributed by atoms with Crippen LogP contribution < -0.4 is 11.2 Å². The van der Waals surface area contributed by atoms with Crippen LogP contribution in [0.3, 0.4) is 0 Å². The molecule has 0 radical (unpaired) electrons. The maximum atomic E-state index is 12.6. The van der Waals surface area contributed by atoms with E-state index >= 15 is 0 Å². The van der Waals surface area contributed by atoms with Gasteiger partial charge >= 0.3 is 5.97 Å². The zero-order valence-electron chi connectivity index (χ0n) is 13.7. The van der Waals surface area contributed by atoms with Gasteiger partial charge in [-0.15, -0.1) is 12.4 Å². The van der Waals surface area contributed by atoms with Gasteiger partial charge in [-0.3, -0.25) is 14.4 Å². The highest BCUT2D eigenvalue weighted by Crippen LogP contribution is 2.21. The molecule has 2 heterocycles. The topological polar surface area (TPSA) is 103 Å². The molecule has 1 saturated heterocycles. The number of amides is 1. The first-order chi connectivity index (χ1) is 11.5. The molecule has 8 heteroatoms. The highest BCUT2D eigenvalue weighted by atomic mass is 35.5. The van der Waals surface area contributed by atoms with Crippen molar-refractivity contribution >= 4 is 35.3 Å². The van der Waals surface area contributed by atoms with Crippen LogP contribution >= 0.6 is 12.4 Å². The summed E-state index contributed by atoms with van der Waals surface area (Å²) in [6.07, 6.45) is 0.577. The average Bonchev–Trinajstić information content (AvgIpc) is 3.10. The smallest absolute Gasteiger partial charge is 0.310 e. The van der Waals surface area contributed by atoms with Crippen LogP contribution in [0.15, 0.2) is 33.5 Å². The van der Waals surface area contributed by atoms with Crippen LogP contribution in [0.25, 0.3) is 11.0 Å². The molecule has 1 aromatic heterocycles. The van der Waals surface area contributed by atoms with E-state index in [0.717, 1.165) is 0 Å². The van der Waals surface area contributed by atoms with Gasteiger partial charge in [0.2, 0.25) is 0 Å². The van der Waals surface area contributed by atoms with Crippen LogP contribution in [0.4, 0.5) is 0 Å². The van der Waals surface area contributed by atoms with E-state index in [0.29, 0.717) is 41.8 Å². The van der Waals surface area contributed by atoms with Crippen molar-refractivity contribution in [1.29, 1.82) is 0 Å². The van der Waals surface area contributed by atoms with E-state index in [1.54, 1.807) is 17.0 Å². The third kappa shape index (κ3) is 3.67. The zero-order valence-corrected chi connectivity index (χ0v) is 14.5. The molecule has 25 heavy (non-hydrogen) atoms. The molecule has 0 saturated carbocycles. The first-order valence-electron chi connectivity index (χ1n) is 7.67. The van der Waals surface area contributed by atoms with Gasteiger partial charge < -0.3 is 19.8 Å². The number of nitrogens with two attached hydrogens (primary N) is 1. The minimum atomic E-state index is -0.307. The Hall–Kier alpha value is -2.38. The van der Waals surface area contributed by atoms with Gasteiger partial charge in [-0.05, 0) is 24.6 Å². The molecule has 1 aromatic carbocycles. The summed E-state index contributed by atoms with van der Waals surface area (Å²) >= 11 is 0.